The maximum absolute atomic E-state index is 11.8. The zero-order valence-electron chi connectivity index (χ0n) is 11.4. The van der Waals surface area contributed by atoms with Crippen molar-refractivity contribution in [3.05, 3.63) is 6.33 Å². The van der Waals surface area contributed by atoms with Gasteiger partial charge in [0, 0.05) is 12.1 Å². The van der Waals surface area contributed by atoms with Gasteiger partial charge in [-0.1, -0.05) is 11.8 Å². The van der Waals surface area contributed by atoms with Crippen molar-refractivity contribution < 1.29 is 14.7 Å². The highest BCUT2D eigenvalue weighted by atomic mass is 32.2. The quantitative estimate of drug-likeness (QED) is 0.727. The van der Waals surface area contributed by atoms with Gasteiger partial charge < -0.3 is 15.0 Å². The third-order valence-electron chi connectivity index (χ3n) is 3.34. The van der Waals surface area contributed by atoms with Crippen LogP contribution in [0.4, 0.5) is 0 Å². The van der Waals surface area contributed by atoms with E-state index in [1.165, 1.54) is 11.8 Å². The Labute approximate surface area is 121 Å². The molecule has 1 saturated carbocycles. The number of aliphatic carboxylic acids is 1. The largest absolute Gasteiger partial charge is 0.481 e. The van der Waals surface area contributed by atoms with Gasteiger partial charge in [0.05, 0.1) is 11.7 Å². The smallest absolute Gasteiger partial charge is 0.308 e. The lowest BCUT2D eigenvalue weighted by molar-refractivity contribution is -0.142. The molecule has 1 aliphatic rings. The number of amides is 1. The van der Waals surface area contributed by atoms with Crippen LogP contribution in [-0.2, 0) is 9.59 Å². The molecule has 1 amide bonds. The second kappa shape index (κ2) is 6.25. The van der Waals surface area contributed by atoms with E-state index in [9.17, 15) is 9.59 Å². The maximum atomic E-state index is 11.8. The third kappa shape index (κ3) is 3.72. The first-order valence-corrected chi connectivity index (χ1v) is 7.52. The van der Waals surface area contributed by atoms with Gasteiger partial charge in [-0.2, -0.15) is 0 Å². The molecule has 2 unspecified atom stereocenters. The van der Waals surface area contributed by atoms with Crippen LogP contribution < -0.4 is 5.32 Å². The van der Waals surface area contributed by atoms with Crippen molar-refractivity contribution in [2.24, 2.45) is 5.92 Å². The Hall–Kier alpha value is -1.57. The van der Waals surface area contributed by atoms with Gasteiger partial charge in [0.2, 0.25) is 5.91 Å². The highest BCUT2D eigenvalue weighted by Gasteiger charge is 2.26. The topological polar surface area (TPSA) is 97.1 Å². The number of carboxylic acid groups (broad SMARTS) is 1. The van der Waals surface area contributed by atoms with Gasteiger partial charge in [-0.25, -0.2) is 0 Å². The van der Waals surface area contributed by atoms with Crippen molar-refractivity contribution in [1.29, 1.82) is 0 Å². The molecule has 20 heavy (non-hydrogen) atoms. The van der Waals surface area contributed by atoms with Gasteiger partial charge in [-0.05, 0) is 26.7 Å². The number of thioether (sulfide) groups is 1. The van der Waals surface area contributed by atoms with Gasteiger partial charge >= 0.3 is 5.97 Å². The number of nitrogens with one attached hydrogen (secondary N) is 1. The molecular formula is C12H18N4O3S. The summed E-state index contributed by atoms with van der Waals surface area (Å²) in [5.74, 6) is -1.51. The predicted molar refractivity (Wildman–Crippen MR) is 73.4 cm³/mol. The molecule has 0 spiro atoms. The molecule has 2 rings (SSSR count). The van der Waals surface area contributed by atoms with Gasteiger partial charge in [-0.15, -0.1) is 10.2 Å². The first-order valence-electron chi connectivity index (χ1n) is 6.53. The first kappa shape index (κ1) is 14.8. The summed E-state index contributed by atoms with van der Waals surface area (Å²) in [6, 6.07) is 0.0726. The van der Waals surface area contributed by atoms with E-state index in [0.717, 1.165) is 18.0 Å². The van der Waals surface area contributed by atoms with Crippen molar-refractivity contribution in [2.45, 2.75) is 43.9 Å². The minimum absolute atomic E-state index is 0.194. The van der Waals surface area contributed by atoms with Crippen molar-refractivity contribution in [1.82, 2.24) is 20.1 Å². The molecule has 0 aliphatic heterocycles. The predicted octanol–water partition coefficient (Wildman–Crippen LogP) is 0.930. The second-order valence-electron chi connectivity index (χ2n) is 5.02. The van der Waals surface area contributed by atoms with Crippen molar-refractivity contribution >= 4 is 23.6 Å². The molecule has 1 fully saturated rings. The Morgan fingerprint density at radius 1 is 1.55 bits per heavy atom. The fourth-order valence-electron chi connectivity index (χ4n) is 1.70. The Kier molecular flexibility index (Phi) is 4.64. The molecule has 1 aromatic heterocycles. The van der Waals surface area contributed by atoms with Crippen LogP contribution in [0.3, 0.4) is 0 Å². The minimum atomic E-state index is -0.918. The van der Waals surface area contributed by atoms with E-state index in [2.05, 4.69) is 15.5 Å². The molecule has 110 valence electrons. The summed E-state index contributed by atoms with van der Waals surface area (Å²) in [5.41, 5.74) is 0. The van der Waals surface area contributed by atoms with Crippen LogP contribution in [0.1, 0.15) is 32.7 Å². The van der Waals surface area contributed by atoms with Crippen molar-refractivity contribution in [3.8, 4) is 0 Å². The summed E-state index contributed by atoms with van der Waals surface area (Å²) in [7, 11) is 0. The van der Waals surface area contributed by atoms with E-state index < -0.39 is 17.9 Å². The van der Waals surface area contributed by atoms with E-state index in [1.807, 2.05) is 4.57 Å². The number of hydrogen-bond donors (Lipinski definition) is 2. The van der Waals surface area contributed by atoms with Gasteiger partial charge in [0.25, 0.3) is 0 Å². The van der Waals surface area contributed by atoms with Crippen LogP contribution in [0, 0.1) is 5.92 Å². The van der Waals surface area contributed by atoms with Gasteiger partial charge in [0.1, 0.15) is 6.33 Å². The van der Waals surface area contributed by atoms with E-state index in [0.29, 0.717) is 6.04 Å². The summed E-state index contributed by atoms with van der Waals surface area (Å²) in [6.45, 7) is 3.26. The van der Waals surface area contributed by atoms with Crippen LogP contribution in [0.5, 0.6) is 0 Å². The average molecular weight is 298 g/mol. The van der Waals surface area contributed by atoms with Crippen LogP contribution in [0.15, 0.2) is 11.5 Å². The Morgan fingerprint density at radius 2 is 2.25 bits per heavy atom. The van der Waals surface area contributed by atoms with Crippen LogP contribution in [0.25, 0.3) is 0 Å². The molecule has 0 bridgehead atoms. The maximum Gasteiger partial charge on any atom is 0.308 e. The molecule has 0 saturated heterocycles. The number of rotatable bonds is 7. The normalized spacial score (nSPS) is 17.5. The minimum Gasteiger partial charge on any atom is -0.481 e. The number of nitrogens with zero attached hydrogens (tertiary/aromatic N) is 3. The molecule has 0 aromatic carbocycles. The number of aromatic nitrogens is 3. The summed E-state index contributed by atoms with van der Waals surface area (Å²) >= 11 is 1.32. The lowest BCUT2D eigenvalue weighted by Crippen LogP contribution is -2.40. The molecular weight excluding hydrogens is 280 g/mol. The Balaban J connectivity index is 1.80. The summed E-state index contributed by atoms with van der Waals surface area (Å²) in [4.78, 5) is 22.6. The van der Waals surface area contributed by atoms with Crippen LogP contribution >= 0.6 is 11.8 Å². The summed E-state index contributed by atoms with van der Waals surface area (Å²) < 4.78 is 1.99. The highest BCUT2D eigenvalue weighted by Crippen LogP contribution is 2.37. The Morgan fingerprint density at radius 3 is 2.85 bits per heavy atom. The number of carbonyl (C=O) groups excluding carboxylic acids is 1. The lowest BCUT2D eigenvalue weighted by Gasteiger charge is -2.17. The van der Waals surface area contributed by atoms with E-state index in [-0.39, 0.29) is 11.7 Å². The fraction of sp³-hybridized carbons (Fsp3) is 0.667. The van der Waals surface area contributed by atoms with E-state index in [1.54, 1.807) is 20.2 Å². The molecule has 1 aromatic rings. The molecule has 2 N–H and O–H groups in total. The van der Waals surface area contributed by atoms with E-state index in [4.69, 9.17) is 5.11 Å². The second-order valence-corrected chi connectivity index (χ2v) is 5.97. The monoisotopic (exact) mass is 298 g/mol. The SMILES string of the molecule is CC(NC(=O)CSc1nncn1C1CC1)C(C)C(=O)O. The number of carbonyl (C=O) groups is 2. The van der Waals surface area contributed by atoms with E-state index >= 15 is 0 Å². The first-order chi connectivity index (χ1) is 9.49. The highest BCUT2D eigenvalue weighted by molar-refractivity contribution is 7.99. The van der Waals surface area contributed by atoms with Crippen LogP contribution in [0.2, 0.25) is 0 Å². The third-order valence-corrected chi connectivity index (χ3v) is 4.30. The van der Waals surface area contributed by atoms with Gasteiger partial charge in [0.15, 0.2) is 5.16 Å². The summed E-state index contributed by atoms with van der Waals surface area (Å²) in [6.07, 6.45) is 3.95. The molecule has 1 heterocycles. The van der Waals surface area contributed by atoms with Crippen LogP contribution in [-0.4, -0.2) is 43.5 Å². The number of hydrogen-bond acceptors (Lipinski definition) is 5. The van der Waals surface area contributed by atoms with Crippen molar-refractivity contribution in [2.75, 3.05) is 5.75 Å². The number of carboxylic acids is 1. The molecule has 1 aliphatic carbocycles. The fourth-order valence-corrected chi connectivity index (χ4v) is 2.50. The Bertz CT molecular complexity index is 501. The molecule has 2 atom stereocenters. The molecule has 8 heteroatoms. The lowest BCUT2D eigenvalue weighted by atomic mass is 10.0. The zero-order chi connectivity index (χ0) is 14.7. The van der Waals surface area contributed by atoms with Gasteiger partial charge in [-0.3, -0.25) is 9.59 Å². The summed E-state index contributed by atoms with van der Waals surface area (Å²) in [5, 5.41) is 20.1. The molecule has 0 radical (unpaired) electrons. The van der Waals surface area contributed by atoms with Crippen molar-refractivity contribution in [3.63, 3.8) is 0 Å². The molecule has 7 nitrogen and oxygen atoms in total. The zero-order valence-corrected chi connectivity index (χ0v) is 12.3. The average Bonchev–Trinajstić information content (AvgIpc) is 3.14. The standard InChI is InChI=1S/C12H18N4O3S/c1-7(11(18)19)8(2)14-10(17)5-20-12-15-13-6-16(12)9-3-4-9/h6-9H,3-5H2,1-2H3,(H,14,17)(H,18,19).